The van der Waals surface area contributed by atoms with Crippen molar-refractivity contribution in [2.45, 2.75) is 53.3 Å². The van der Waals surface area contributed by atoms with Crippen LogP contribution in [0, 0.1) is 33.6 Å². The van der Waals surface area contributed by atoms with Gasteiger partial charge in [0.05, 0.1) is 0 Å². The SMILES string of the molecule is CB(O)N1C[C@H](c2ccc(C)c(C)c2)CC(Cc2ccc(C)c(C)c2)C1=O. The predicted molar refractivity (Wildman–Crippen MR) is 112 cm³/mol. The molecule has 0 aromatic heterocycles. The Labute approximate surface area is 163 Å². The first-order valence-electron chi connectivity index (χ1n) is 9.88. The highest BCUT2D eigenvalue weighted by Crippen LogP contribution is 2.34. The van der Waals surface area contributed by atoms with Crippen LogP contribution in [0.25, 0.3) is 0 Å². The van der Waals surface area contributed by atoms with E-state index in [0.717, 1.165) is 12.8 Å². The van der Waals surface area contributed by atoms with Crippen molar-refractivity contribution in [3.05, 3.63) is 69.8 Å². The van der Waals surface area contributed by atoms with Gasteiger partial charge in [0.1, 0.15) is 0 Å². The smallest absolute Gasteiger partial charge is 0.411 e. The molecule has 0 saturated carbocycles. The van der Waals surface area contributed by atoms with Gasteiger partial charge in [0.2, 0.25) is 5.91 Å². The molecule has 3 nitrogen and oxygen atoms in total. The summed E-state index contributed by atoms with van der Waals surface area (Å²) in [4.78, 5) is 14.6. The molecule has 0 radical (unpaired) electrons. The predicted octanol–water partition coefficient (Wildman–Crippen LogP) is 4.21. The Kier molecular flexibility index (Phi) is 5.76. The number of piperidine rings is 1. The van der Waals surface area contributed by atoms with Gasteiger partial charge in [-0.1, -0.05) is 36.4 Å². The van der Waals surface area contributed by atoms with Gasteiger partial charge in [0.15, 0.2) is 0 Å². The third-order valence-corrected chi connectivity index (χ3v) is 6.13. The second kappa shape index (κ2) is 7.89. The van der Waals surface area contributed by atoms with E-state index in [1.165, 1.54) is 33.4 Å². The van der Waals surface area contributed by atoms with Crippen molar-refractivity contribution in [1.82, 2.24) is 4.81 Å². The molecule has 2 atom stereocenters. The first-order valence-corrected chi connectivity index (χ1v) is 9.88. The maximum absolute atomic E-state index is 13.0. The summed E-state index contributed by atoms with van der Waals surface area (Å²) in [5.41, 5.74) is 7.55. The Balaban J connectivity index is 1.88. The highest BCUT2D eigenvalue weighted by Gasteiger charge is 2.38. The fourth-order valence-electron chi connectivity index (χ4n) is 4.06. The van der Waals surface area contributed by atoms with Crippen molar-refractivity contribution in [1.29, 1.82) is 0 Å². The van der Waals surface area contributed by atoms with Crippen molar-refractivity contribution in [3.8, 4) is 0 Å². The molecule has 2 aromatic rings. The first-order chi connectivity index (χ1) is 12.8. The van der Waals surface area contributed by atoms with E-state index >= 15 is 0 Å². The fraction of sp³-hybridized carbons (Fsp3) is 0.435. The summed E-state index contributed by atoms with van der Waals surface area (Å²) in [5.74, 6) is 0.235. The molecule has 1 aliphatic rings. The van der Waals surface area contributed by atoms with Gasteiger partial charge in [-0.05, 0) is 80.7 Å². The van der Waals surface area contributed by atoms with Crippen LogP contribution < -0.4 is 0 Å². The lowest BCUT2D eigenvalue weighted by Gasteiger charge is -2.38. The molecule has 27 heavy (non-hydrogen) atoms. The van der Waals surface area contributed by atoms with Gasteiger partial charge in [-0.3, -0.25) is 4.79 Å². The van der Waals surface area contributed by atoms with Crippen LogP contribution in [-0.2, 0) is 11.2 Å². The molecule has 0 aliphatic carbocycles. The Bertz CT molecular complexity index is 846. The molecule has 1 aliphatic heterocycles. The van der Waals surface area contributed by atoms with Gasteiger partial charge in [-0.25, -0.2) is 0 Å². The highest BCUT2D eigenvalue weighted by molar-refractivity contribution is 6.49. The topological polar surface area (TPSA) is 40.5 Å². The Morgan fingerprint density at radius 1 is 1.00 bits per heavy atom. The number of carbonyl (C=O) groups excluding carboxylic acids is 1. The van der Waals surface area contributed by atoms with Crippen LogP contribution >= 0.6 is 0 Å². The average Bonchev–Trinajstić information content (AvgIpc) is 2.62. The Hall–Kier alpha value is -2.07. The van der Waals surface area contributed by atoms with E-state index in [9.17, 15) is 9.82 Å². The first kappa shape index (κ1) is 19.7. The maximum atomic E-state index is 13.0. The number of hydrogen-bond donors (Lipinski definition) is 1. The molecule has 1 heterocycles. The summed E-state index contributed by atoms with van der Waals surface area (Å²) in [6.45, 7) is 10.7. The fourth-order valence-corrected chi connectivity index (χ4v) is 4.06. The molecule has 1 saturated heterocycles. The molecule has 142 valence electrons. The van der Waals surface area contributed by atoms with Crippen LogP contribution in [0.3, 0.4) is 0 Å². The summed E-state index contributed by atoms with van der Waals surface area (Å²) < 4.78 is 0. The molecule has 1 unspecified atom stereocenters. The lowest BCUT2D eigenvalue weighted by Crippen LogP contribution is -2.51. The molecule has 1 amide bonds. The molecular formula is C23H30BNO2. The number of nitrogens with zero attached hydrogens (tertiary/aromatic N) is 1. The summed E-state index contributed by atoms with van der Waals surface area (Å²) in [6, 6.07) is 13.0. The van der Waals surface area contributed by atoms with E-state index in [1.54, 1.807) is 11.6 Å². The third kappa shape index (κ3) is 4.27. The van der Waals surface area contributed by atoms with Crippen molar-refractivity contribution < 1.29 is 9.82 Å². The number of benzene rings is 2. The minimum absolute atomic E-state index is 0.0725. The van der Waals surface area contributed by atoms with Gasteiger partial charge in [-0.2, -0.15) is 0 Å². The van der Waals surface area contributed by atoms with E-state index < -0.39 is 7.05 Å². The Morgan fingerprint density at radius 2 is 1.63 bits per heavy atom. The lowest BCUT2D eigenvalue weighted by atomic mass is 9.74. The standard InChI is InChI=1S/C23H30BNO2/c1-15-6-8-19(10-17(15)3)12-21-13-22(14-25(23(21)26)24(5)27)20-9-7-16(2)18(4)11-20/h6-11,21-22,27H,12-14H2,1-5H3/t21?,22-/m1/s1. The van der Waals surface area contributed by atoms with Crippen molar-refractivity contribution in [2.75, 3.05) is 6.54 Å². The van der Waals surface area contributed by atoms with Crippen molar-refractivity contribution in [2.24, 2.45) is 5.92 Å². The van der Waals surface area contributed by atoms with Crippen LogP contribution in [0.5, 0.6) is 0 Å². The van der Waals surface area contributed by atoms with E-state index in [4.69, 9.17) is 0 Å². The molecule has 3 rings (SSSR count). The second-order valence-electron chi connectivity index (χ2n) is 8.22. The molecule has 4 heteroatoms. The van der Waals surface area contributed by atoms with Gasteiger partial charge in [0, 0.05) is 18.4 Å². The van der Waals surface area contributed by atoms with Crippen molar-refractivity contribution in [3.63, 3.8) is 0 Å². The van der Waals surface area contributed by atoms with Crippen molar-refractivity contribution >= 4 is 13.0 Å². The van der Waals surface area contributed by atoms with E-state index in [-0.39, 0.29) is 17.7 Å². The van der Waals surface area contributed by atoms with Crippen LogP contribution in [0.15, 0.2) is 36.4 Å². The van der Waals surface area contributed by atoms with Gasteiger partial charge >= 0.3 is 7.05 Å². The zero-order chi connectivity index (χ0) is 19.7. The minimum Gasteiger partial charge on any atom is -0.432 e. The number of amides is 1. The monoisotopic (exact) mass is 363 g/mol. The lowest BCUT2D eigenvalue weighted by molar-refractivity contribution is -0.134. The minimum atomic E-state index is -0.755. The number of hydrogen-bond acceptors (Lipinski definition) is 2. The molecular weight excluding hydrogens is 333 g/mol. The zero-order valence-corrected chi connectivity index (χ0v) is 17.1. The third-order valence-electron chi connectivity index (χ3n) is 6.13. The number of aryl methyl sites for hydroxylation is 4. The largest absolute Gasteiger partial charge is 0.432 e. The van der Waals surface area contributed by atoms with Gasteiger partial charge in [0.25, 0.3) is 0 Å². The second-order valence-corrected chi connectivity index (χ2v) is 8.22. The Morgan fingerprint density at radius 3 is 2.22 bits per heavy atom. The van der Waals surface area contributed by atoms with E-state index in [1.807, 2.05) is 0 Å². The van der Waals surface area contributed by atoms with Crippen LogP contribution in [-0.4, -0.2) is 29.3 Å². The normalized spacial score (nSPS) is 20.1. The van der Waals surface area contributed by atoms with Crippen LogP contribution in [0.4, 0.5) is 0 Å². The molecule has 1 fully saturated rings. The van der Waals surface area contributed by atoms with Gasteiger partial charge in [-0.15, -0.1) is 0 Å². The summed E-state index contributed by atoms with van der Waals surface area (Å²) in [7, 11) is -0.755. The highest BCUT2D eigenvalue weighted by atomic mass is 16.2. The van der Waals surface area contributed by atoms with Gasteiger partial charge < -0.3 is 9.83 Å². The maximum Gasteiger partial charge on any atom is 0.411 e. The quantitative estimate of drug-likeness (QED) is 0.827. The molecule has 1 N–H and O–H groups in total. The number of carbonyl (C=O) groups is 1. The number of rotatable bonds is 4. The molecule has 2 aromatic carbocycles. The molecule has 0 bridgehead atoms. The summed E-state index contributed by atoms with van der Waals surface area (Å²) >= 11 is 0. The summed E-state index contributed by atoms with van der Waals surface area (Å²) in [6.07, 6.45) is 1.56. The van der Waals surface area contributed by atoms with Crippen LogP contribution in [0.2, 0.25) is 6.82 Å². The molecule has 0 spiro atoms. The van der Waals surface area contributed by atoms with E-state index in [0.29, 0.717) is 6.54 Å². The van der Waals surface area contributed by atoms with Crippen LogP contribution in [0.1, 0.15) is 45.7 Å². The van der Waals surface area contributed by atoms with E-state index in [2.05, 4.69) is 64.1 Å². The zero-order valence-electron chi connectivity index (χ0n) is 17.1. The summed E-state index contributed by atoms with van der Waals surface area (Å²) in [5, 5.41) is 10.2. The average molecular weight is 363 g/mol.